The summed E-state index contributed by atoms with van der Waals surface area (Å²) in [6, 6.07) is 14.5. The lowest BCUT2D eigenvalue weighted by Gasteiger charge is -2.34. The normalized spacial score (nSPS) is 22.8. The van der Waals surface area contributed by atoms with E-state index < -0.39 is 10.0 Å². The zero-order valence-electron chi connectivity index (χ0n) is 20.6. The van der Waals surface area contributed by atoms with Crippen LogP contribution in [-0.2, 0) is 10.0 Å². The summed E-state index contributed by atoms with van der Waals surface area (Å²) in [4.78, 5) is 15.6. The van der Waals surface area contributed by atoms with Crippen molar-refractivity contribution in [3.63, 3.8) is 0 Å². The van der Waals surface area contributed by atoms with Crippen molar-refractivity contribution in [2.24, 2.45) is 11.8 Å². The van der Waals surface area contributed by atoms with Gasteiger partial charge in [-0.3, -0.25) is 9.69 Å². The number of likely N-dealkylation sites (tertiary alicyclic amines) is 1. The molecule has 190 valence electrons. The fourth-order valence-electron chi connectivity index (χ4n) is 5.40. The molecule has 0 aromatic heterocycles. The molecule has 2 fully saturated rings. The third-order valence-electron chi connectivity index (χ3n) is 7.09. The molecule has 0 radical (unpaired) electrons. The first-order valence-corrected chi connectivity index (χ1v) is 14.4. The monoisotopic (exact) mass is 517 g/mol. The SMILES string of the molecule is CC1CC(C)CN(S(=O)(=O)c2cccc(C(=O)CNCC(c3ccc(Cl)cc3)N3CCCC3)c2)C1. The summed E-state index contributed by atoms with van der Waals surface area (Å²) in [5.74, 6) is 0.539. The third-order valence-corrected chi connectivity index (χ3v) is 9.17. The maximum absolute atomic E-state index is 13.3. The van der Waals surface area contributed by atoms with Crippen molar-refractivity contribution < 1.29 is 13.2 Å². The van der Waals surface area contributed by atoms with E-state index in [1.165, 1.54) is 24.5 Å². The molecule has 0 aliphatic carbocycles. The van der Waals surface area contributed by atoms with Crippen LogP contribution in [0.1, 0.15) is 55.1 Å². The molecule has 2 saturated heterocycles. The molecule has 0 bridgehead atoms. The maximum atomic E-state index is 13.3. The Balaban J connectivity index is 1.41. The van der Waals surface area contributed by atoms with Gasteiger partial charge in [-0.25, -0.2) is 8.42 Å². The van der Waals surface area contributed by atoms with Gasteiger partial charge in [0.15, 0.2) is 5.78 Å². The number of piperidine rings is 1. The molecular formula is C27H36ClN3O3S. The van der Waals surface area contributed by atoms with Crippen molar-refractivity contribution >= 4 is 27.4 Å². The standard InChI is InChI=1S/C27H36ClN3O3S/c1-20-14-21(2)19-31(18-20)35(33,34)25-7-5-6-23(15-25)27(32)17-29-16-26(30-12-3-4-13-30)22-8-10-24(28)11-9-22/h5-11,15,20-21,26,29H,3-4,12-14,16-19H2,1-2H3. The Kier molecular flexibility index (Phi) is 8.66. The summed E-state index contributed by atoms with van der Waals surface area (Å²) in [7, 11) is -3.63. The van der Waals surface area contributed by atoms with Crippen LogP contribution in [-0.4, -0.2) is 62.7 Å². The third kappa shape index (κ3) is 6.52. The Labute approximate surface area is 214 Å². The maximum Gasteiger partial charge on any atom is 0.243 e. The van der Waals surface area contributed by atoms with Gasteiger partial charge in [-0.05, 0) is 74.0 Å². The summed E-state index contributed by atoms with van der Waals surface area (Å²) in [6.45, 7) is 8.08. The molecule has 6 nitrogen and oxygen atoms in total. The van der Waals surface area contributed by atoms with Crippen molar-refractivity contribution in [2.45, 2.75) is 44.0 Å². The van der Waals surface area contributed by atoms with E-state index in [0.717, 1.165) is 19.5 Å². The largest absolute Gasteiger partial charge is 0.308 e. The highest BCUT2D eigenvalue weighted by molar-refractivity contribution is 7.89. The van der Waals surface area contributed by atoms with E-state index in [4.69, 9.17) is 11.6 Å². The van der Waals surface area contributed by atoms with Crippen molar-refractivity contribution in [3.05, 3.63) is 64.7 Å². The molecule has 3 atom stereocenters. The van der Waals surface area contributed by atoms with E-state index in [0.29, 0.717) is 42.1 Å². The van der Waals surface area contributed by atoms with E-state index in [9.17, 15) is 13.2 Å². The van der Waals surface area contributed by atoms with Crippen molar-refractivity contribution in [1.82, 2.24) is 14.5 Å². The zero-order chi connectivity index (χ0) is 25.0. The van der Waals surface area contributed by atoms with E-state index >= 15 is 0 Å². The molecule has 1 N–H and O–H groups in total. The van der Waals surface area contributed by atoms with Crippen LogP contribution in [0.25, 0.3) is 0 Å². The van der Waals surface area contributed by atoms with E-state index in [2.05, 4.69) is 24.1 Å². The minimum absolute atomic E-state index is 0.112. The number of carbonyl (C=O) groups is 1. The number of nitrogens with zero attached hydrogens (tertiary/aromatic N) is 2. The number of hydrogen-bond acceptors (Lipinski definition) is 5. The Morgan fingerprint density at radius 2 is 1.71 bits per heavy atom. The van der Waals surface area contributed by atoms with Crippen LogP contribution >= 0.6 is 11.6 Å². The van der Waals surface area contributed by atoms with E-state index in [1.54, 1.807) is 22.5 Å². The number of hydrogen-bond donors (Lipinski definition) is 1. The number of benzene rings is 2. The van der Waals surface area contributed by atoms with Gasteiger partial charge in [-0.15, -0.1) is 0 Å². The summed E-state index contributed by atoms with van der Waals surface area (Å²) in [5.41, 5.74) is 1.59. The molecule has 0 spiro atoms. The van der Waals surface area contributed by atoms with Gasteiger partial charge in [0.25, 0.3) is 0 Å². The smallest absolute Gasteiger partial charge is 0.243 e. The predicted octanol–water partition coefficient (Wildman–Crippen LogP) is 4.62. The Hall–Kier alpha value is -1.77. The number of Topliss-reactive ketones (excluding diaryl/α,β-unsaturated/α-hetero) is 1. The van der Waals surface area contributed by atoms with Crippen LogP contribution in [0, 0.1) is 11.8 Å². The number of sulfonamides is 1. The van der Waals surface area contributed by atoms with Crippen molar-refractivity contribution in [3.8, 4) is 0 Å². The second kappa shape index (κ2) is 11.5. The first-order chi connectivity index (χ1) is 16.7. The topological polar surface area (TPSA) is 69.7 Å². The molecule has 0 amide bonds. The van der Waals surface area contributed by atoms with Gasteiger partial charge in [0, 0.05) is 36.3 Å². The first kappa shape index (κ1) is 26.3. The highest BCUT2D eigenvalue weighted by Crippen LogP contribution is 2.28. The molecule has 2 aliphatic heterocycles. The van der Waals surface area contributed by atoms with E-state index in [-0.39, 0.29) is 23.3 Å². The molecule has 8 heteroatoms. The fraction of sp³-hybridized carbons (Fsp3) is 0.519. The second-order valence-corrected chi connectivity index (χ2v) is 12.5. The van der Waals surface area contributed by atoms with Gasteiger partial charge in [-0.1, -0.05) is 49.7 Å². The zero-order valence-corrected chi connectivity index (χ0v) is 22.2. The molecule has 2 aromatic rings. The Bertz CT molecular complexity index is 1110. The van der Waals surface area contributed by atoms with Crippen LogP contribution < -0.4 is 5.32 Å². The molecule has 2 aromatic carbocycles. The van der Waals surface area contributed by atoms with Crippen LogP contribution in [0.15, 0.2) is 53.4 Å². The number of carbonyl (C=O) groups excluding carboxylic acids is 1. The summed E-state index contributed by atoms with van der Waals surface area (Å²) >= 11 is 6.08. The minimum Gasteiger partial charge on any atom is -0.308 e. The average molecular weight is 518 g/mol. The molecule has 2 aliphatic rings. The van der Waals surface area contributed by atoms with Gasteiger partial charge in [0.1, 0.15) is 0 Å². The molecule has 0 saturated carbocycles. The van der Waals surface area contributed by atoms with E-state index in [1.807, 2.05) is 24.3 Å². The molecular weight excluding hydrogens is 482 g/mol. The Morgan fingerprint density at radius 3 is 2.37 bits per heavy atom. The number of halogens is 1. The summed E-state index contributed by atoms with van der Waals surface area (Å²) in [5, 5.41) is 4.03. The Morgan fingerprint density at radius 1 is 1.06 bits per heavy atom. The van der Waals surface area contributed by atoms with Gasteiger partial charge in [-0.2, -0.15) is 4.31 Å². The first-order valence-electron chi connectivity index (χ1n) is 12.6. The summed E-state index contributed by atoms with van der Waals surface area (Å²) < 4.78 is 28.1. The second-order valence-electron chi connectivity index (χ2n) is 10.2. The van der Waals surface area contributed by atoms with Crippen LogP contribution in [0.5, 0.6) is 0 Å². The van der Waals surface area contributed by atoms with Gasteiger partial charge in [0.2, 0.25) is 10.0 Å². The average Bonchev–Trinajstić information content (AvgIpc) is 3.36. The lowest BCUT2D eigenvalue weighted by molar-refractivity contribution is 0.0987. The highest BCUT2D eigenvalue weighted by Gasteiger charge is 2.32. The molecule has 3 unspecified atom stereocenters. The van der Waals surface area contributed by atoms with Gasteiger partial charge < -0.3 is 5.32 Å². The lowest BCUT2D eigenvalue weighted by atomic mass is 9.94. The quantitative estimate of drug-likeness (QED) is 0.492. The van der Waals surface area contributed by atoms with Crippen molar-refractivity contribution in [1.29, 1.82) is 0 Å². The molecule has 4 rings (SSSR count). The number of nitrogens with one attached hydrogen (secondary N) is 1. The minimum atomic E-state index is -3.63. The van der Waals surface area contributed by atoms with Gasteiger partial charge >= 0.3 is 0 Å². The highest BCUT2D eigenvalue weighted by atomic mass is 35.5. The summed E-state index contributed by atoms with van der Waals surface area (Å²) in [6.07, 6.45) is 3.39. The van der Waals surface area contributed by atoms with Crippen LogP contribution in [0.2, 0.25) is 5.02 Å². The predicted molar refractivity (Wildman–Crippen MR) is 140 cm³/mol. The van der Waals surface area contributed by atoms with Crippen LogP contribution in [0.3, 0.4) is 0 Å². The molecule has 35 heavy (non-hydrogen) atoms. The fourth-order valence-corrected chi connectivity index (χ4v) is 7.25. The number of ketones is 1. The number of rotatable bonds is 9. The molecule has 2 heterocycles. The van der Waals surface area contributed by atoms with Gasteiger partial charge in [0.05, 0.1) is 11.4 Å². The van der Waals surface area contributed by atoms with Crippen LogP contribution in [0.4, 0.5) is 0 Å². The lowest BCUT2D eigenvalue weighted by Crippen LogP contribution is -2.42. The van der Waals surface area contributed by atoms with Crippen molar-refractivity contribution in [2.75, 3.05) is 39.3 Å².